The summed E-state index contributed by atoms with van der Waals surface area (Å²) in [7, 11) is 1.49. The molecule has 0 saturated heterocycles. The van der Waals surface area contributed by atoms with Gasteiger partial charge in [0.15, 0.2) is 12.5 Å². The van der Waals surface area contributed by atoms with E-state index in [1.165, 1.54) is 23.0 Å². The highest BCUT2D eigenvalue weighted by Gasteiger charge is 2.37. The molecule has 2 aliphatic heterocycles. The maximum absolute atomic E-state index is 14.6. The normalized spacial score (nSPS) is 14.0. The van der Waals surface area contributed by atoms with Crippen molar-refractivity contribution in [1.29, 1.82) is 0 Å². The SMILES string of the molecule is Cc1ccc(C(=O)Nc2cnc3[nH]c(C(=O)N4C[C@@H](CCl)c5c4cc(OC(=O)N(CCOCCO)CCN(C)C(=O)OCc4ccc(NC(=O)[C@H](CCCNC(N)=O)CC(=O)[C@@H](NC(=O)OCN6C(=O)C=CC6=O)C(C)C)cc4)c4cccc(C)c54)cc3c2)cc1. The fourth-order valence-corrected chi connectivity index (χ4v) is 10.7. The number of aromatic amines is 1. The number of hydrogen-bond donors (Lipinski definition) is 7. The molecule has 0 radical (unpaired) electrons. The molecule has 27 heteroatoms. The molecule has 0 fully saturated rings. The van der Waals surface area contributed by atoms with Crippen molar-refractivity contribution in [3.8, 4) is 5.75 Å². The van der Waals surface area contributed by atoms with Crippen molar-refractivity contribution in [1.82, 2.24) is 35.3 Å². The van der Waals surface area contributed by atoms with Crippen LogP contribution in [0.15, 0.2) is 103 Å². The van der Waals surface area contributed by atoms with Gasteiger partial charge in [-0.2, -0.15) is 0 Å². The molecule has 0 bridgehead atoms. The number of nitrogens with one attached hydrogen (secondary N) is 5. The first-order valence-corrected chi connectivity index (χ1v) is 29.9. The van der Waals surface area contributed by atoms with Crippen LogP contribution in [0.1, 0.15) is 82.1 Å². The van der Waals surface area contributed by atoms with E-state index in [1.54, 1.807) is 73.3 Å². The molecule has 6 aromatic rings. The molecule has 10 amide bonds. The second-order valence-electron chi connectivity index (χ2n) is 22.3. The minimum absolute atomic E-state index is 0.0000164. The summed E-state index contributed by atoms with van der Waals surface area (Å²) < 4.78 is 22.4. The van der Waals surface area contributed by atoms with E-state index in [4.69, 9.17) is 36.3 Å². The van der Waals surface area contributed by atoms with Crippen LogP contribution in [0, 0.1) is 25.7 Å². The molecule has 0 aliphatic carbocycles. The number of urea groups is 1. The van der Waals surface area contributed by atoms with Gasteiger partial charge in [0.2, 0.25) is 5.91 Å². The zero-order valence-corrected chi connectivity index (χ0v) is 51.6. The Morgan fingerprint density at radius 2 is 1.60 bits per heavy atom. The predicted molar refractivity (Wildman–Crippen MR) is 336 cm³/mol. The number of ether oxygens (including phenoxy) is 4. The number of rotatable bonds is 28. The highest BCUT2D eigenvalue weighted by molar-refractivity contribution is 6.19. The number of aliphatic hydroxyl groups is 1. The summed E-state index contributed by atoms with van der Waals surface area (Å²) in [6.07, 6.45) is 1.06. The van der Waals surface area contributed by atoms with Crippen LogP contribution >= 0.6 is 11.6 Å². The molecule has 4 aromatic carbocycles. The molecular formula is C64H72ClN11O15. The molecule has 2 aromatic heterocycles. The Bertz CT molecular complexity index is 3730. The van der Waals surface area contributed by atoms with E-state index in [0.29, 0.717) is 49.5 Å². The molecule has 0 saturated carbocycles. The number of carbonyl (C=O) groups is 10. The van der Waals surface area contributed by atoms with Gasteiger partial charge in [-0.05, 0) is 91.1 Å². The molecule has 2 aliphatic rings. The van der Waals surface area contributed by atoms with Gasteiger partial charge < -0.3 is 70.7 Å². The lowest BCUT2D eigenvalue weighted by Gasteiger charge is -2.26. The quantitative estimate of drug-likeness (QED) is 0.0144. The van der Waals surface area contributed by atoms with E-state index in [1.807, 2.05) is 44.2 Å². The maximum atomic E-state index is 14.6. The van der Waals surface area contributed by atoms with Crippen LogP contribution in [0.5, 0.6) is 5.75 Å². The topological polar surface area (TPSA) is 344 Å². The number of pyridine rings is 1. The fourth-order valence-electron chi connectivity index (χ4n) is 10.4. The van der Waals surface area contributed by atoms with Crippen LogP contribution in [-0.2, 0) is 40.0 Å². The summed E-state index contributed by atoms with van der Waals surface area (Å²) in [5, 5.41) is 21.9. The van der Waals surface area contributed by atoms with Gasteiger partial charge in [0.05, 0.1) is 43.4 Å². The number of aryl methyl sites for hydroxylation is 2. The fraction of sp³-hybridized carbons (Fsp3) is 0.359. The first kappa shape index (κ1) is 67.0. The predicted octanol–water partition coefficient (Wildman–Crippen LogP) is 7.24. The number of anilines is 3. The smallest absolute Gasteiger partial charge is 0.415 e. The number of H-pyrrole nitrogens is 1. The zero-order valence-electron chi connectivity index (χ0n) is 50.9. The third-order valence-electron chi connectivity index (χ3n) is 15.3. The number of nitrogens with zero attached hydrogens (tertiary/aromatic N) is 5. The van der Waals surface area contributed by atoms with Gasteiger partial charge in [0.1, 0.15) is 23.7 Å². The van der Waals surface area contributed by atoms with Gasteiger partial charge in [-0.3, -0.25) is 28.8 Å². The van der Waals surface area contributed by atoms with Gasteiger partial charge in [-0.1, -0.05) is 61.9 Å². The summed E-state index contributed by atoms with van der Waals surface area (Å²) in [5.74, 6) is -4.44. The number of benzene rings is 4. The van der Waals surface area contributed by atoms with Gasteiger partial charge in [-0.25, -0.2) is 29.1 Å². The highest BCUT2D eigenvalue weighted by Crippen LogP contribution is 2.47. The minimum atomic E-state index is -1.11. The Labute approximate surface area is 528 Å². The molecule has 3 atom stereocenters. The van der Waals surface area contributed by atoms with E-state index < -0.39 is 78.3 Å². The number of hydrogen-bond acceptors (Lipinski definition) is 16. The van der Waals surface area contributed by atoms with Crippen molar-refractivity contribution in [3.05, 3.63) is 137 Å². The zero-order chi connectivity index (χ0) is 65.5. The number of imide groups is 1. The molecule has 480 valence electrons. The Hall–Kier alpha value is -9.92. The minimum Gasteiger partial charge on any atom is -0.445 e. The lowest BCUT2D eigenvalue weighted by molar-refractivity contribution is -0.141. The monoisotopic (exact) mass is 1270 g/mol. The summed E-state index contributed by atoms with van der Waals surface area (Å²) >= 11 is 6.66. The third-order valence-corrected chi connectivity index (χ3v) is 15.7. The van der Waals surface area contributed by atoms with Crippen molar-refractivity contribution in [3.63, 3.8) is 0 Å². The number of Topliss-reactive ketones (excluding diaryl/α,β-unsaturated/α-hetero) is 1. The van der Waals surface area contributed by atoms with E-state index in [2.05, 4.69) is 31.2 Å². The van der Waals surface area contributed by atoms with E-state index in [0.717, 1.165) is 34.2 Å². The van der Waals surface area contributed by atoms with E-state index in [-0.39, 0.29) is 108 Å². The van der Waals surface area contributed by atoms with Crippen molar-refractivity contribution in [2.45, 2.75) is 65.5 Å². The largest absolute Gasteiger partial charge is 0.445 e. The number of carbonyl (C=O) groups excluding carboxylic acids is 10. The molecular weight excluding hydrogens is 1200 g/mol. The number of primary amides is 1. The molecule has 0 spiro atoms. The third kappa shape index (κ3) is 17.3. The summed E-state index contributed by atoms with van der Waals surface area (Å²) in [6, 6.07) is 22.3. The molecule has 4 heterocycles. The summed E-state index contributed by atoms with van der Waals surface area (Å²) in [4.78, 5) is 143. The number of likely N-dealkylation sites (N-methyl/N-ethyl adjacent to an activating group) is 1. The molecule has 8 N–H and O–H groups in total. The van der Waals surface area contributed by atoms with Gasteiger partial charge in [0, 0.05) is 104 Å². The Balaban J connectivity index is 0.894. The number of nitrogens with two attached hydrogens (primary N) is 1. The Kier molecular flexibility index (Phi) is 22.8. The maximum Gasteiger partial charge on any atom is 0.415 e. The Morgan fingerprint density at radius 1 is 0.868 bits per heavy atom. The number of halogens is 1. The van der Waals surface area contributed by atoms with Crippen LogP contribution < -0.4 is 36.6 Å². The number of aliphatic hydroxyl groups excluding tert-OH is 1. The number of ketones is 1. The number of amides is 10. The van der Waals surface area contributed by atoms with Crippen LogP contribution in [0.2, 0.25) is 0 Å². The highest BCUT2D eigenvalue weighted by atomic mass is 35.5. The average molecular weight is 1270 g/mol. The van der Waals surface area contributed by atoms with Crippen LogP contribution in [0.25, 0.3) is 21.8 Å². The lowest BCUT2D eigenvalue weighted by atomic mass is 9.89. The average Bonchev–Trinajstić information content (AvgIpc) is 1.64. The van der Waals surface area contributed by atoms with Crippen LogP contribution in [0.3, 0.4) is 0 Å². The van der Waals surface area contributed by atoms with Gasteiger partial charge in [0.25, 0.3) is 23.6 Å². The van der Waals surface area contributed by atoms with Crippen molar-refractivity contribution in [2.75, 3.05) is 87.7 Å². The lowest BCUT2D eigenvalue weighted by Crippen LogP contribution is -2.47. The van der Waals surface area contributed by atoms with E-state index >= 15 is 0 Å². The first-order valence-electron chi connectivity index (χ1n) is 29.4. The summed E-state index contributed by atoms with van der Waals surface area (Å²) in [5.41, 5.74) is 10.8. The number of alkyl halides is 1. The van der Waals surface area contributed by atoms with Crippen LogP contribution in [0.4, 0.5) is 36.2 Å². The molecule has 26 nitrogen and oxygen atoms in total. The first-order chi connectivity index (χ1) is 43.6. The molecule has 0 unspecified atom stereocenters. The second-order valence-corrected chi connectivity index (χ2v) is 22.6. The van der Waals surface area contributed by atoms with Crippen molar-refractivity contribution < 1.29 is 72.0 Å². The molecule has 91 heavy (non-hydrogen) atoms. The number of fused-ring (bicyclic) bond motifs is 4. The van der Waals surface area contributed by atoms with E-state index in [9.17, 15) is 53.1 Å². The van der Waals surface area contributed by atoms with Crippen LogP contribution in [-0.4, -0.2) is 168 Å². The molecule has 8 rings (SSSR count). The van der Waals surface area contributed by atoms with Gasteiger partial charge in [-0.15, -0.1) is 11.6 Å². The van der Waals surface area contributed by atoms with Gasteiger partial charge >= 0.3 is 24.3 Å². The number of alkyl carbamates (subject to hydrolysis) is 1. The Morgan fingerprint density at radius 3 is 2.30 bits per heavy atom. The second kappa shape index (κ2) is 31.0. The van der Waals surface area contributed by atoms with Crippen molar-refractivity contribution in [2.24, 2.45) is 17.6 Å². The van der Waals surface area contributed by atoms with Crippen molar-refractivity contribution >= 4 is 110 Å². The number of aromatic nitrogens is 2. The summed E-state index contributed by atoms with van der Waals surface area (Å²) in [6.45, 7) is 6.37. The standard InChI is InChI=1S/C64H72ClN11O15/c1-37(2)56(72-62(85)90-36-76-52(79)19-20-53(76)80)50(78)30-42(9-7-21-67-61(66)84)59(82)69-45-17-13-40(14-18-45)35-89-63(86)73(5)22-23-74(24-26-88-27-25-77)64(87)91-51-31-49-55(54-39(4)8-6-10-47(51)54)44(32-65)34-75(49)60(83)48-29-43-28-46(33-68-57(43)71-48)70-58(81)41-15-11-38(3)12-16-41/h6,8,10-20,28-29,31,33,37,42,44,56,77H,7,9,21-27,30,32,34-36H2,1-5H3,(H,68,71)(H,69,82)(H,70,81)(H,72,85)(H3,66,67,84)/t42-,44-,56+/m1/s1.